The minimum atomic E-state index is 0.613. The second-order valence-electron chi connectivity index (χ2n) is 7.05. The Labute approximate surface area is 174 Å². The smallest absolute Gasteiger partial charge is 0.194 e. The van der Waals surface area contributed by atoms with Crippen molar-refractivity contribution in [1.29, 1.82) is 0 Å². The standard InChI is InChI=1S/C23H32N4O2/c1-4-24-23(25-17-19-8-5-6-9-20(19)18-28-2)27-14-12-26(13-15-27)21-10-7-11-22(16-21)29-3/h5-11,16H,4,12-15,17-18H2,1-3H3,(H,24,25). The molecule has 0 amide bonds. The summed E-state index contributed by atoms with van der Waals surface area (Å²) in [4.78, 5) is 9.66. The van der Waals surface area contributed by atoms with Gasteiger partial charge < -0.3 is 24.6 Å². The highest BCUT2D eigenvalue weighted by Gasteiger charge is 2.20. The van der Waals surface area contributed by atoms with Crippen molar-refractivity contribution in [2.75, 3.05) is 51.8 Å². The second kappa shape index (κ2) is 10.7. The summed E-state index contributed by atoms with van der Waals surface area (Å²) in [5.41, 5.74) is 3.61. The van der Waals surface area contributed by atoms with Gasteiger partial charge >= 0.3 is 0 Å². The van der Waals surface area contributed by atoms with Gasteiger partial charge in [-0.2, -0.15) is 0 Å². The molecule has 1 heterocycles. The van der Waals surface area contributed by atoms with E-state index in [1.165, 1.54) is 16.8 Å². The molecule has 1 aliphatic heterocycles. The van der Waals surface area contributed by atoms with Gasteiger partial charge in [0, 0.05) is 51.6 Å². The average Bonchev–Trinajstić information content (AvgIpc) is 2.78. The fourth-order valence-corrected chi connectivity index (χ4v) is 3.58. The Balaban J connectivity index is 1.65. The summed E-state index contributed by atoms with van der Waals surface area (Å²) in [5, 5.41) is 3.45. The molecular weight excluding hydrogens is 364 g/mol. The SMILES string of the molecule is CCNC(=NCc1ccccc1COC)N1CCN(c2cccc(OC)c2)CC1. The molecule has 29 heavy (non-hydrogen) atoms. The van der Waals surface area contributed by atoms with Gasteiger partial charge in [-0.05, 0) is 30.2 Å². The summed E-state index contributed by atoms with van der Waals surface area (Å²) in [6, 6.07) is 16.6. The van der Waals surface area contributed by atoms with Crippen LogP contribution < -0.4 is 15.0 Å². The van der Waals surface area contributed by atoms with Crippen LogP contribution in [0.5, 0.6) is 5.75 Å². The van der Waals surface area contributed by atoms with Crippen LogP contribution in [0.3, 0.4) is 0 Å². The number of hydrogen-bond acceptors (Lipinski definition) is 4. The van der Waals surface area contributed by atoms with E-state index in [9.17, 15) is 0 Å². The molecule has 6 heteroatoms. The first-order valence-corrected chi connectivity index (χ1v) is 10.2. The summed E-state index contributed by atoms with van der Waals surface area (Å²) < 4.78 is 10.7. The van der Waals surface area contributed by atoms with E-state index in [1.54, 1.807) is 14.2 Å². The fraction of sp³-hybridized carbons (Fsp3) is 0.435. The number of piperazine rings is 1. The van der Waals surface area contributed by atoms with E-state index in [2.05, 4.69) is 52.4 Å². The van der Waals surface area contributed by atoms with Gasteiger partial charge in [0.05, 0.1) is 20.3 Å². The molecule has 1 N–H and O–H groups in total. The summed E-state index contributed by atoms with van der Waals surface area (Å²) in [6.45, 7) is 8.01. The molecule has 2 aromatic rings. The zero-order valence-electron chi connectivity index (χ0n) is 17.7. The van der Waals surface area contributed by atoms with E-state index in [4.69, 9.17) is 14.5 Å². The van der Waals surface area contributed by atoms with Gasteiger partial charge in [0.15, 0.2) is 5.96 Å². The Morgan fingerprint density at radius 2 is 1.76 bits per heavy atom. The topological polar surface area (TPSA) is 49.3 Å². The number of aliphatic imine (C=N–C) groups is 1. The minimum absolute atomic E-state index is 0.613. The first-order valence-electron chi connectivity index (χ1n) is 10.2. The molecule has 3 rings (SSSR count). The number of hydrogen-bond donors (Lipinski definition) is 1. The monoisotopic (exact) mass is 396 g/mol. The quantitative estimate of drug-likeness (QED) is 0.576. The molecular formula is C23H32N4O2. The van der Waals surface area contributed by atoms with Crippen molar-refractivity contribution in [3.63, 3.8) is 0 Å². The predicted octanol–water partition coefficient (Wildman–Crippen LogP) is 3.13. The maximum absolute atomic E-state index is 5.36. The van der Waals surface area contributed by atoms with Crippen molar-refractivity contribution in [3.05, 3.63) is 59.7 Å². The van der Waals surface area contributed by atoms with Gasteiger partial charge in [-0.15, -0.1) is 0 Å². The van der Waals surface area contributed by atoms with Crippen LogP contribution in [-0.2, 0) is 17.9 Å². The van der Waals surface area contributed by atoms with Crippen molar-refractivity contribution in [1.82, 2.24) is 10.2 Å². The van der Waals surface area contributed by atoms with Crippen molar-refractivity contribution in [2.24, 2.45) is 4.99 Å². The van der Waals surface area contributed by atoms with Gasteiger partial charge in [0.1, 0.15) is 5.75 Å². The van der Waals surface area contributed by atoms with E-state index in [0.717, 1.165) is 44.4 Å². The highest BCUT2D eigenvalue weighted by molar-refractivity contribution is 5.80. The van der Waals surface area contributed by atoms with Gasteiger partial charge in [-0.1, -0.05) is 30.3 Å². The molecule has 0 unspecified atom stereocenters. The van der Waals surface area contributed by atoms with Crippen LogP contribution in [0.4, 0.5) is 5.69 Å². The molecule has 0 spiro atoms. The second-order valence-corrected chi connectivity index (χ2v) is 7.05. The largest absolute Gasteiger partial charge is 0.497 e. The third-order valence-electron chi connectivity index (χ3n) is 5.15. The maximum Gasteiger partial charge on any atom is 0.194 e. The number of guanidine groups is 1. The van der Waals surface area contributed by atoms with Crippen LogP contribution in [-0.4, -0.2) is 57.8 Å². The minimum Gasteiger partial charge on any atom is -0.497 e. The number of nitrogens with one attached hydrogen (secondary N) is 1. The van der Waals surface area contributed by atoms with Gasteiger partial charge in [-0.25, -0.2) is 4.99 Å². The fourth-order valence-electron chi connectivity index (χ4n) is 3.58. The van der Waals surface area contributed by atoms with Crippen LogP contribution in [0, 0.1) is 0 Å². The lowest BCUT2D eigenvalue weighted by Crippen LogP contribution is -2.52. The molecule has 0 atom stereocenters. The third-order valence-corrected chi connectivity index (χ3v) is 5.15. The average molecular weight is 397 g/mol. The van der Waals surface area contributed by atoms with Crippen LogP contribution in [0.15, 0.2) is 53.5 Å². The number of nitrogens with zero attached hydrogens (tertiary/aromatic N) is 3. The van der Waals surface area contributed by atoms with Crippen LogP contribution in [0.2, 0.25) is 0 Å². The molecule has 1 saturated heterocycles. The molecule has 1 aliphatic rings. The lowest BCUT2D eigenvalue weighted by molar-refractivity contribution is 0.184. The van der Waals surface area contributed by atoms with E-state index >= 15 is 0 Å². The molecule has 0 bridgehead atoms. The predicted molar refractivity (Wildman–Crippen MR) is 119 cm³/mol. The number of benzene rings is 2. The summed E-state index contributed by atoms with van der Waals surface area (Å²) in [6.07, 6.45) is 0. The third kappa shape index (κ3) is 5.64. The summed E-state index contributed by atoms with van der Waals surface area (Å²) in [7, 11) is 3.44. The molecule has 0 aliphatic carbocycles. The van der Waals surface area contributed by atoms with Crippen molar-refractivity contribution in [3.8, 4) is 5.75 Å². The zero-order chi connectivity index (χ0) is 20.5. The van der Waals surface area contributed by atoms with Gasteiger partial charge in [0.2, 0.25) is 0 Å². The Kier molecular flexibility index (Phi) is 7.76. The van der Waals surface area contributed by atoms with Crippen LogP contribution >= 0.6 is 0 Å². The molecule has 1 fully saturated rings. The molecule has 0 saturated carbocycles. The number of rotatable bonds is 7. The number of methoxy groups -OCH3 is 2. The van der Waals surface area contributed by atoms with Crippen LogP contribution in [0.25, 0.3) is 0 Å². The van der Waals surface area contributed by atoms with Crippen LogP contribution in [0.1, 0.15) is 18.1 Å². The number of ether oxygens (including phenoxy) is 2. The molecule has 2 aromatic carbocycles. The zero-order valence-corrected chi connectivity index (χ0v) is 17.7. The molecule has 156 valence electrons. The Morgan fingerprint density at radius 1 is 1.00 bits per heavy atom. The Hall–Kier alpha value is -2.73. The Morgan fingerprint density at radius 3 is 2.45 bits per heavy atom. The van der Waals surface area contributed by atoms with E-state index < -0.39 is 0 Å². The van der Waals surface area contributed by atoms with E-state index in [1.807, 2.05) is 18.2 Å². The van der Waals surface area contributed by atoms with E-state index in [0.29, 0.717) is 13.2 Å². The number of anilines is 1. The van der Waals surface area contributed by atoms with E-state index in [-0.39, 0.29) is 0 Å². The summed E-state index contributed by atoms with van der Waals surface area (Å²) >= 11 is 0. The maximum atomic E-state index is 5.36. The Bertz CT molecular complexity index is 801. The molecule has 6 nitrogen and oxygen atoms in total. The van der Waals surface area contributed by atoms with Crippen molar-refractivity contribution < 1.29 is 9.47 Å². The van der Waals surface area contributed by atoms with Crippen molar-refractivity contribution in [2.45, 2.75) is 20.1 Å². The molecule has 0 aromatic heterocycles. The molecule has 0 radical (unpaired) electrons. The normalized spacial score (nSPS) is 14.8. The first-order chi connectivity index (χ1) is 14.2. The highest BCUT2D eigenvalue weighted by atomic mass is 16.5. The van der Waals surface area contributed by atoms with Gasteiger partial charge in [-0.3, -0.25) is 0 Å². The van der Waals surface area contributed by atoms with Crippen molar-refractivity contribution >= 4 is 11.6 Å². The summed E-state index contributed by atoms with van der Waals surface area (Å²) in [5.74, 6) is 1.87. The van der Waals surface area contributed by atoms with Gasteiger partial charge in [0.25, 0.3) is 0 Å². The lowest BCUT2D eigenvalue weighted by Gasteiger charge is -2.37. The highest BCUT2D eigenvalue weighted by Crippen LogP contribution is 2.22. The lowest BCUT2D eigenvalue weighted by atomic mass is 10.1. The first kappa shape index (κ1) is 21.0.